The zero-order valence-corrected chi connectivity index (χ0v) is 20.1. The smallest absolute Gasteiger partial charge is 0.303 e. The number of halogens is 1. The average molecular weight is 564 g/mol. The zero-order chi connectivity index (χ0) is 28.1. The van der Waals surface area contributed by atoms with Crippen molar-refractivity contribution in [3.8, 4) is 0 Å². The Morgan fingerprint density at radius 1 is 1.06 bits per heavy atom. The Balaban J connectivity index is 1.75. The third-order valence-electron chi connectivity index (χ3n) is 5.16. The van der Waals surface area contributed by atoms with Crippen molar-refractivity contribution in [1.29, 1.82) is 0 Å². The molecule has 4 atom stereocenters. The van der Waals surface area contributed by atoms with Gasteiger partial charge < -0.3 is 18.9 Å². The lowest BCUT2D eigenvalue weighted by atomic mass is 10.1. The minimum atomic E-state index is -1.37. The number of hydrogen-bond acceptors (Lipinski definition) is 11. The second-order valence-corrected chi connectivity index (χ2v) is 8.46. The van der Waals surface area contributed by atoms with Crippen molar-refractivity contribution in [1.82, 2.24) is 19.5 Å². The number of benzene rings is 1. The van der Waals surface area contributed by atoms with Gasteiger partial charge in [0.15, 0.2) is 24.1 Å². The summed E-state index contributed by atoms with van der Waals surface area (Å²) < 4.78 is 45.5. The molecule has 1 saturated heterocycles. The summed E-state index contributed by atoms with van der Waals surface area (Å²) in [6, 6.07) is 6.69. The number of aromatic nitrogens is 4. The Bertz CT molecular complexity index is 1410. The summed E-state index contributed by atoms with van der Waals surface area (Å²) in [6.07, 6.45) is -2.72. The van der Waals surface area contributed by atoms with Crippen LogP contribution in [0, 0.1) is 0 Å². The third-order valence-corrected chi connectivity index (χ3v) is 5.66. The number of ketones is 1. The molecule has 1 fully saturated rings. The molecule has 1 aromatic carbocycles. The molecule has 188 valence electrons. The Hall–Kier alpha value is -3.71. The summed E-state index contributed by atoms with van der Waals surface area (Å²) in [5.74, 6) is -3.23. The highest BCUT2D eigenvalue weighted by atomic mass is 79.9. The lowest BCUT2D eigenvalue weighted by Crippen LogP contribution is -2.40. The van der Waals surface area contributed by atoms with Crippen LogP contribution in [-0.4, -0.2) is 68.1 Å². The van der Waals surface area contributed by atoms with Gasteiger partial charge in [0.2, 0.25) is 5.78 Å². The van der Waals surface area contributed by atoms with Crippen molar-refractivity contribution in [3.63, 3.8) is 0 Å². The molecule has 2 aromatic heterocycles. The summed E-state index contributed by atoms with van der Waals surface area (Å²) in [5.41, 5.74) is 0.569. The standard InChI is InChI=1S/C23H21BrN4O8/c1-11(29)33-8-16-20(34-12(2)30)21(35-13(3)31)23(36-16)28-10-27-18-17(25-9-26-22(18)28)19(32)14-5-4-6-15(24)7-14/h4-7,9-10,16,20-21,23H,8H2,1-3H3/t16-,20-,21-,23?/m1/s1/i1D,2D,3D. The molecule has 0 aliphatic carbocycles. The summed E-state index contributed by atoms with van der Waals surface area (Å²) in [5, 5.41) is 0. The largest absolute Gasteiger partial charge is 0.463 e. The van der Waals surface area contributed by atoms with Gasteiger partial charge in [-0.25, -0.2) is 15.0 Å². The highest BCUT2D eigenvalue weighted by molar-refractivity contribution is 9.10. The fraction of sp³-hybridized carbons (Fsp3) is 0.348. The number of carbonyl (C=O) groups is 4. The van der Waals surface area contributed by atoms with E-state index in [-0.39, 0.29) is 16.9 Å². The SMILES string of the molecule is [2H]CC(=O)OC[C@H]1OC(n2cnc3c(C(=O)c4cccc(Br)c4)ncnc32)[C@H](OC(=O)C[2H])[C@@H]1OC(=O)C[2H]. The molecular weight excluding hydrogens is 540 g/mol. The van der Waals surface area contributed by atoms with E-state index >= 15 is 0 Å². The van der Waals surface area contributed by atoms with Crippen molar-refractivity contribution in [2.75, 3.05) is 6.61 Å². The predicted molar refractivity (Wildman–Crippen MR) is 125 cm³/mol. The quantitative estimate of drug-likeness (QED) is 0.236. The van der Waals surface area contributed by atoms with Gasteiger partial charge in [-0.05, 0) is 12.1 Å². The minimum absolute atomic E-state index is 0.00680. The number of carbonyl (C=O) groups excluding carboxylic acids is 4. The van der Waals surface area contributed by atoms with Gasteiger partial charge in [0.25, 0.3) is 0 Å². The van der Waals surface area contributed by atoms with E-state index in [2.05, 4.69) is 30.9 Å². The number of rotatable bonds is 7. The molecule has 1 unspecified atom stereocenters. The van der Waals surface area contributed by atoms with Crippen molar-refractivity contribution in [2.24, 2.45) is 0 Å². The Morgan fingerprint density at radius 2 is 1.81 bits per heavy atom. The summed E-state index contributed by atoms with van der Waals surface area (Å²) in [7, 11) is 0. The number of esters is 3. The molecule has 4 rings (SSSR count). The summed E-state index contributed by atoms with van der Waals surface area (Å²) in [6.45, 7) is -2.63. The van der Waals surface area contributed by atoms with Crippen LogP contribution in [0.15, 0.2) is 41.4 Å². The molecule has 36 heavy (non-hydrogen) atoms. The van der Waals surface area contributed by atoms with Crippen molar-refractivity contribution < 1.29 is 42.2 Å². The first-order chi connectivity index (χ1) is 18.8. The summed E-state index contributed by atoms with van der Waals surface area (Å²) >= 11 is 3.33. The lowest BCUT2D eigenvalue weighted by molar-refractivity contribution is -0.166. The van der Waals surface area contributed by atoms with Crippen LogP contribution >= 0.6 is 15.9 Å². The molecule has 0 radical (unpaired) electrons. The van der Waals surface area contributed by atoms with Crippen LogP contribution in [-0.2, 0) is 33.3 Å². The fourth-order valence-electron chi connectivity index (χ4n) is 3.78. The van der Waals surface area contributed by atoms with Gasteiger partial charge in [0.05, 0.1) is 6.33 Å². The number of ether oxygens (including phenoxy) is 4. The molecule has 1 aliphatic heterocycles. The fourth-order valence-corrected chi connectivity index (χ4v) is 4.18. The first-order valence-electron chi connectivity index (χ1n) is 12.4. The van der Waals surface area contributed by atoms with Crippen LogP contribution in [0.4, 0.5) is 0 Å². The Morgan fingerprint density at radius 3 is 2.53 bits per heavy atom. The molecule has 1 aliphatic rings. The highest BCUT2D eigenvalue weighted by Crippen LogP contribution is 2.36. The van der Waals surface area contributed by atoms with Crippen molar-refractivity contribution in [3.05, 3.63) is 52.7 Å². The van der Waals surface area contributed by atoms with Crippen molar-refractivity contribution >= 4 is 50.8 Å². The van der Waals surface area contributed by atoms with E-state index in [4.69, 9.17) is 23.1 Å². The first kappa shape index (κ1) is 21.6. The van der Waals surface area contributed by atoms with Crippen LogP contribution in [0.25, 0.3) is 11.2 Å². The second-order valence-electron chi connectivity index (χ2n) is 7.54. The first-order valence-corrected chi connectivity index (χ1v) is 11.1. The molecule has 12 nitrogen and oxygen atoms in total. The van der Waals surface area contributed by atoms with Gasteiger partial charge >= 0.3 is 17.9 Å². The van der Waals surface area contributed by atoms with Gasteiger partial charge in [0.1, 0.15) is 30.2 Å². The Kier molecular flexibility index (Phi) is 6.29. The topological polar surface area (TPSA) is 149 Å². The predicted octanol–water partition coefficient (Wildman–Crippen LogP) is 2.14. The van der Waals surface area contributed by atoms with E-state index in [1.165, 1.54) is 10.9 Å². The van der Waals surface area contributed by atoms with Gasteiger partial charge in [0, 0.05) is 34.8 Å². The number of fused-ring (bicyclic) bond motifs is 1. The maximum absolute atomic E-state index is 13.2. The number of imidazole rings is 1. The van der Waals surface area contributed by atoms with E-state index in [0.29, 0.717) is 10.0 Å². The van der Waals surface area contributed by atoms with E-state index in [1.807, 2.05) is 0 Å². The zero-order valence-electron chi connectivity index (χ0n) is 21.5. The number of hydrogen-bond donors (Lipinski definition) is 0. The Labute approximate surface area is 217 Å². The third kappa shape index (κ3) is 5.26. The van der Waals surface area contributed by atoms with E-state index in [0.717, 1.165) is 6.33 Å². The van der Waals surface area contributed by atoms with Crippen LogP contribution in [0.2, 0.25) is 0 Å². The molecule has 3 heterocycles. The van der Waals surface area contributed by atoms with E-state index in [1.54, 1.807) is 24.3 Å². The number of nitrogens with zero attached hydrogens (tertiary/aromatic N) is 4. The maximum Gasteiger partial charge on any atom is 0.303 e. The molecule has 0 bridgehead atoms. The summed E-state index contributed by atoms with van der Waals surface area (Å²) in [4.78, 5) is 61.6. The normalized spacial score (nSPS) is 22.3. The molecule has 0 saturated carbocycles. The molecular formula is C23H21BrN4O8. The highest BCUT2D eigenvalue weighted by Gasteiger charge is 2.51. The van der Waals surface area contributed by atoms with Gasteiger partial charge in [-0.15, -0.1) is 0 Å². The van der Waals surface area contributed by atoms with Crippen LogP contribution in [0.3, 0.4) is 0 Å². The average Bonchev–Trinajstić information content (AvgIpc) is 3.52. The second kappa shape index (κ2) is 10.5. The van der Waals surface area contributed by atoms with Crippen LogP contribution in [0.5, 0.6) is 0 Å². The van der Waals surface area contributed by atoms with Gasteiger partial charge in [-0.3, -0.25) is 23.7 Å². The molecule has 0 spiro atoms. The van der Waals surface area contributed by atoms with Crippen LogP contribution < -0.4 is 0 Å². The van der Waals surface area contributed by atoms with Crippen LogP contribution in [0.1, 0.15) is 47.1 Å². The minimum Gasteiger partial charge on any atom is -0.463 e. The monoisotopic (exact) mass is 563 g/mol. The van der Waals surface area contributed by atoms with E-state index in [9.17, 15) is 19.2 Å². The maximum atomic E-state index is 13.2. The van der Waals surface area contributed by atoms with Gasteiger partial charge in [-0.2, -0.15) is 0 Å². The van der Waals surface area contributed by atoms with Gasteiger partial charge in [-0.1, -0.05) is 28.1 Å². The lowest BCUT2D eigenvalue weighted by Gasteiger charge is -2.23. The van der Waals surface area contributed by atoms with E-state index < -0.39 is 75.5 Å². The van der Waals surface area contributed by atoms with Crippen molar-refractivity contribution in [2.45, 2.75) is 45.2 Å². The molecule has 0 amide bonds. The molecule has 0 N–H and O–H groups in total. The molecule has 3 aromatic rings. The molecule has 13 heteroatoms.